The predicted molar refractivity (Wildman–Crippen MR) is 85.2 cm³/mol. The van der Waals surface area contributed by atoms with Crippen LogP contribution in [0.25, 0.3) is 6.08 Å². The molecule has 0 atom stereocenters. The van der Waals surface area contributed by atoms with Crippen LogP contribution in [0, 0.1) is 0 Å². The molecule has 0 saturated carbocycles. The van der Waals surface area contributed by atoms with Crippen LogP contribution in [-0.2, 0) is 19.2 Å². The third-order valence-corrected chi connectivity index (χ3v) is 3.44. The van der Waals surface area contributed by atoms with Crippen molar-refractivity contribution < 1.29 is 31.0 Å². The van der Waals surface area contributed by atoms with Gasteiger partial charge in [-0.2, -0.15) is 13.4 Å². The van der Waals surface area contributed by atoms with Crippen molar-refractivity contribution in [1.82, 2.24) is 5.48 Å². The van der Waals surface area contributed by atoms with Crippen LogP contribution in [-0.4, -0.2) is 33.1 Å². The summed E-state index contributed by atoms with van der Waals surface area (Å²) in [6, 6.07) is 4.19. The summed E-state index contributed by atoms with van der Waals surface area (Å²) in [4.78, 5) is 15.6. The number of para-hydroxylation sites is 1. The monoisotopic (exact) mass is 375 g/mol. The Morgan fingerprint density at radius 3 is 2.80 bits per heavy atom. The van der Waals surface area contributed by atoms with Gasteiger partial charge in [-0.15, -0.1) is 4.28 Å². The first-order valence-electron chi connectivity index (χ1n) is 6.95. The largest absolute Gasteiger partial charge is 0.492 e. The van der Waals surface area contributed by atoms with E-state index < -0.39 is 28.4 Å². The summed E-state index contributed by atoms with van der Waals surface area (Å²) in [7, 11) is -3.83. The number of ether oxygens (including phenoxy) is 1. The summed E-state index contributed by atoms with van der Waals surface area (Å²) in [5, 5.41) is 0. The van der Waals surface area contributed by atoms with Gasteiger partial charge >= 0.3 is 0 Å². The van der Waals surface area contributed by atoms with Crippen molar-refractivity contribution in [2.45, 2.75) is 12.8 Å². The molecule has 1 aliphatic rings. The fourth-order valence-corrected chi connectivity index (χ4v) is 2.28. The maximum absolute atomic E-state index is 13.0. The summed E-state index contributed by atoms with van der Waals surface area (Å²) in [6.45, 7) is -0.00298. The molecule has 1 aliphatic heterocycles. The molecule has 0 spiro atoms. The van der Waals surface area contributed by atoms with Crippen molar-refractivity contribution >= 4 is 28.1 Å². The smallest absolute Gasteiger partial charge is 0.285 e. The lowest BCUT2D eigenvalue weighted by atomic mass is 10.1. The molecular weight excluding hydrogens is 360 g/mol. The van der Waals surface area contributed by atoms with Gasteiger partial charge in [0.15, 0.2) is 0 Å². The number of carbonyl (C=O) groups is 1. The van der Waals surface area contributed by atoms with Gasteiger partial charge in [-0.25, -0.2) is 14.3 Å². The average Bonchev–Trinajstić information content (AvgIpc) is 2.74. The molecular formula is C14H15F2N3O5S. The molecule has 0 aliphatic carbocycles. The van der Waals surface area contributed by atoms with Crippen molar-refractivity contribution in [2.75, 3.05) is 12.9 Å². The number of aliphatic imine (C=N–C) groups is 1. The number of nitrogens with one attached hydrogen (secondary N) is 1. The van der Waals surface area contributed by atoms with Gasteiger partial charge in [0.05, 0.1) is 18.4 Å². The highest BCUT2D eigenvalue weighted by atomic mass is 32.2. The number of benzene rings is 1. The van der Waals surface area contributed by atoms with Crippen molar-refractivity contribution in [2.24, 2.45) is 10.7 Å². The first kappa shape index (κ1) is 18.8. The minimum Gasteiger partial charge on any atom is -0.492 e. The summed E-state index contributed by atoms with van der Waals surface area (Å²) in [5.74, 6) is -1.33. The first-order chi connectivity index (χ1) is 11.7. The third kappa shape index (κ3) is 5.22. The minimum atomic E-state index is -3.83. The van der Waals surface area contributed by atoms with Gasteiger partial charge in [-0.05, 0) is 12.1 Å². The fourth-order valence-electron chi connectivity index (χ4n) is 2.04. The quantitative estimate of drug-likeness (QED) is 0.459. The summed E-state index contributed by atoms with van der Waals surface area (Å²) >= 11 is 0. The van der Waals surface area contributed by atoms with E-state index in [0.717, 1.165) is 6.26 Å². The van der Waals surface area contributed by atoms with Gasteiger partial charge in [-0.1, -0.05) is 12.1 Å². The van der Waals surface area contributed by atoms with Crippen LogP contribution in [0.15, 0.2) is 28.8 Å². The molecule has 0 aromatic heterocycles. The number of guanidine groups is 1. The van der Waals surface area contributed by atoms with E-state index in [1.54, 1.807) is 0 Å². The second kappa shape index (κ2) is 7.57. The van der Waals surface area contributed by atoms with Gasteiger partial charge < -0.3 is 10.5 Å². The van der Waals surface area contributed by atoms with Gasteiger partial charge in [-0.3, -0.25) is 4.79 Å². The number of carbonyl (C=O) groups excluding carboxylic acids is 1. The third-order valence-electron chi connectivity index (χ3n) is 3.05. The maximum Gasteiger partial charge on any atom is 0.285 e. The summed E-state index contributed by atoms with van der Waals surface area (Å²) in [6.07, 6.45) is -0.450. The molecule has 1 heterocycles. The molecule has 25 heavy (non-hydrogen) atoms. The molecule has 1 aromatic carbocycles. The second-order valence-corrected chi connectivity index (χ2v) is 6.60. The zero-order valence-electron chi connectivity index (χ0n) is 13.0. The van der Waals surface area contributed by atoms with Gasteiger partial charge in [0.25, 0.3) is 22.5 Å². The van der Waals surface area contributed by atoms with Crippen LogP contribution in [0.2, 0.25) is 0 Å². The van der Waals surface area contributed by atoms with Crippen LogP contribution in [0.5, 0.6) is 5.75 Å². The van der Waals surface area contributed by atoms with Gasteiger partial charge in [0.1, 0.15) is 5.75 Å². The molecule has 0 saturated heterocycles. The van der Waals surface area contributed by atoms with E-state index in [9.17, 15) is 22.0 Å². The molecule has 0 bridgehead atoms. The Kier molecular flexibility index (Phi) is 5.69. The van der Waals surface area contributed by atoms with Crippen LogP contribution in [0.4, 0.5) is 8.78 Å². The molecule has 11 heteroatoms. The minimum absolute atomic E-state index is 0.00298. The van der Waals surface area contributed by atoms with Crippen molar-refractivity contribution in [3.63, 3.8) is 0 Å². The molecule has 0 fully saturated rings. The molecule has 1 aromatic rings. The van der Waals surface area contributed by atoms with Crippen molar-refractivity contribution in [1.29, 1.82) is 0 Å². The Morgan fingerprint density at radius 1 is 1.44 bits per heavy atom. The van der Waals surface area contributed by atoms with Crippen LogP contribution >= 0.6 is 0 Å². The van der Waals surface area contributed by atoms with Crippen LogP contribution in [0.1, 0.15) is 24.0 Å². The van der Waals surface area contributed by atoms with E-state index >= 15 is 0 Å². The van der Waals surface area contributed by atoms with Gasteiger partial charge in [0.2, 0.25) is 5.96 Å². The lowest BCUT2D eigenvalue weighted by Gasteiger charge is -2.11. The Labute approximate surface area is 142 Å². The Morgan fingerprint density at radius 2 is 2.16 bits per heavy atom. The van der Waals surface area contributed by atoms with E-state index in [2.05, 4.69) is 9.28 Å². The predicted octanol–water partition coefficient (Wildman–Crippen LogP) is 1.11. The molecule has 2 rings (SSSR count). The molecule has 1 amide bonds. The Balaban J connectivity index is 2.24. The van der Waals surface area contributed by atoms with Crippen LogP contribution < -0.4 is 16.0 Å². The number of nitrogens with two attached hydrogens (primary N) is 1. The number of halogens is 2. The highest BCUT2D eigenvalue weighted by molar-refractivity contribution is 7.85. The van der Waals surface area contributed by atoms with E-state index in [0.29, 0.717) is 5.56 Å². The highest BCUT2D eigenvalue weighted by Gasteiger charge is 2.21. The number of fused-ring (bicyclic) bond motifs is 1. The van der Waals surface area contributed by atoms with Crippen molar-refractivity contribution in [3.8, 4) is 5.75 Å². The number of hydroxylamine groups is 1. The van der Waals surface area contributed by atoms with E-state index in [1.807, 2.05) is 5.48 Å². The number of nitrogens with zero attached hydrogens (tertiary/aromatic N) is 1. The number of rotatable bonds is 4. The fraction of sp³-hybridized carbons (Fsp3) is 0.286. The number of hydrogen-bond acceptors (Lipinski definition) is 5. The number of hydrogen-bond donors (Lipinski definition) is 2. The average molecular weight is 375 g/mol. The van der Waals surface area contributed by atoms with E-state index in [1.165, 1.54) is 24.3 Å². The van der Waals surface area contributed by atoms with E-state index in [-0.39, 0.29) is 29.9 Å². The summed E-state index contributed by atoms with van der Waals surface area (Å²) < 4.78 is 57.2. The maximum atomic E-state index is 13.0. The number of alkyl halides is 2. The zero-order valence-corrected chi connectivity index (χ0v) is 13.8. The molecule has 8 nitrogen and oxygen atoms in total. The highest BCUT2D eigenvalue weighted by Crippen LogP contribution is 2.35. The lowest BCUT2D eigenvalue weighted by molar-refractivity contribution is -0.114. The SMILES string of the molecule is CS(=O)(=O)ONC(N)=NC(=O)C1=Cc2cccc(C(F)F)c2OCC1. The molecule has 0 radical (unpaired) electrons. The zero-order chi connectivity index (χ0) is 18.6. The van der Waals surface area contributed by atoms with E-state index in [4.69, 9.17) is 10.5 Å². The number of amides is 1. The first-order valence-corrected chi connectivity index (χ1v) is 8.76. The molecule has 136 valence electrons. The van der Waals surface area contributed by atoms with Gasteiger partial charge in [0, 0.05) is 17.6 Å². The lowest BCUT2D eigenvalue weighted by Crippen LogP contribution is -2.34. The summed E-state index contributed by atoms with van der Waals surface area (Å²) in [5.41, 5.74) is 7.37. The standard InChI is InChI=1S/C14H15F2N3O5S/c1-25(21,22)24-19-14(17)18-13(20)9-5-6-23-11-8(7-9)3-2-4-10(11)12(15)16/h2-4,7,12H,5-6H2,1H3,(H3,17,18,19,20). The topological polar surface area (TPSA) is 120 Å². The van der Waals surface area contributed by atoms with Crippen LogP contribution in [0.3, 0.4) is 0 Å². The second-order valence-electron chi connectivity index (χ2n) is 5.03. The normalized spacial score (nSPS) is 15.0. The van der Waals surface area contributed by atoms with Crippen molar-refractivity contribution in [3.05, 3.63) is 34.9 Å². The molecule has 0 unspecified atom stereocenters. The molecule has 3 N–H and O–H groups in total. The Hall–Kier alpha value is -2.53. The Bertz CT molecular complexity index is 837.